The van der Waals surface area contributed by atoms with E-state index in [0.29, 0.717) is 30.8 Å². The van der Waals surface area contributed by atoms with Gasteiger partial charge in [-0.05, 0) is 55.7 Å². The van der Waals surface area contributed by atoms with Crippen molar-refractivity contribution in [3.8, 4) is 0 Å². The van der Waals surface area contributed by atoms with Gasteiger partial charge in [0.1, 0.15) is 4.90 Å². The Bertz CT molecular complexity index is 974. The number of benzene rings is 1. The second-order valence-electron chi connectivity index (χ2n) is 5.71. The molecule has 0 unspecified atom stereocenters. The van der Waals surface area contributed by atoms with Gasteiger partial charge < -0.3 is 0 Å². The van der Waals surface area contributed by atoms with E-state index >= 15 is 0 Å². The predicted molar refractivity (Wildman–Crippen MR) is 96.6 cm³/mol. The van der Waals surface area contributed by atoms with Gasteiger partial charge in [-0.15, -0.1) is 0 Å². The Morgan fingerprint density at radius 3 is 2.68 bits per heavy atom. The number of nitrogens with one attached hydrogen (secondary N) is 1. The van der Waals surface area contributed by atoms with E-state index in [1.54, 1.807) is 31.2 Å². The summed E-state index contributed by atoms with van der Waals surface area (Å²) in [6, 6.07) is 7.94. The van der Waals surface area contributed by atoms with Crippen LogP contribution in [0, 0.1) is 0 Å². The number of nitrogens with zero attached hydrogens (tertiary/aromatic N) is 2. The number of aromatic nitrogens is 1. The van der Waals surface area contributed by atoms with Gasteiger partial charge in [0.05, 0.1) is 11.4 Å². The monoisotopic (exact) mass is 381 g/mol. The molecule has 0 saturated heterocycles. The second-order valence-corrected chi connectivity index (χ2v) is 9.58. The van der Waals surface area contributed by atoms with E-state index in [1.165, 1.54) is 22.8 Å². The van der Waals surface area contributed by atoms with Crippen LogP contribution in [0.25, 0.3) is 0 Å². The van der Waals surface area contributed by atoms with Crippen LogP contribution in [0.4, 0.5) is 11.4 Å². The number of pyridine rings is 1. The van der Waals surface area contributed by atoms with Crippen molar-refractivity contribution in [1.29, 1.82) is 0 Å². The SMILES string of the molecule is CCS(=O)(=O)N1CCCc2cc(NS(=O)(=O)c3cccnc3)ccc21. The molecular formula is C16H19N3O4S2. The lowest BCUT2D eigenvalue weighted by atomic mass is 10.0. The minimum Gasteiger partial charge on any atom is -0.280 e. The molecule has 9 heteroatoms. The molecule has 1 aliphatic rings. The minimum atomic E-state index is -3.73. The van der Waals surface area contributed by atoms with E-state index in [1.807, 2.05) is 0 Å². The molecule has 0 amide bonds. The van der Waals surface area contributed by atoms with Crippen molar-refractivity contribution in [3.05, 3.63) is 48.3 Å². The molecule has 2 heterocycles. The summed E-state index contributed by atoms with van der Waals surface area (Å²) in [4.78, 5) is 3.89. The van der Waals surface area contributed by atoms with Crippen molar-refractivity contribution in [1.82, 2.24) is 4.98 Å². The number of rotatable bonds is 5. The number of aryl methyl sites for hydroxylation is 1. The Morgan fingerprint density at radius 1 is 1.20 bits per heavy atom. The molecule has 1 aromatic heterocycles. The van der Waals surface area contributed by atoms with Crippen LogP contribution in [-0.4, -0.2) is 34.1 Å². The van der Waals surface area contributed by atoms with Crippen molar-refractivity contribution in [2.45, 2.75) is 24.7 Å². The van der Waals surface area contributed by atoms with Crippen LogP contribution in [0.1, 0.15) is 18.9 Å². The first-order valence-corrected chi connectivity index (χ1v) is 11.0. The normalized spacial score (nSPS) is 14.8. The van der Waals surface area contributed by atoms with Gasteiger partial charge in [-0.2, -0.15) is 0 Å². The summed E-state index contributed by atoms with van der Waals surface area (Å²) in [6.45, 7) is 2.06. The Hall–Kier alpha value is -2.13. The summed E-state index contributed by atoms with van der Waals surface area (Å²) in [6.07, 6.45) is 4.18. The zero-order chi connectivity index (χ0) is 18.1. The van der Waals surface area contributed by atoms with Crippen LogP contribution >= 0.6 is 0 Å². The Morgan fingerprint density at radius 2 is 2.00 bits per heavy atom. The van der Waals surface area contributed by atoms with Gasteiger partial charge in [0, 0.05) is 24.6 Å². The first-order valence-electron chi connectivity index (χ1n) is 7.90. The zero-order valence-electron chi connectivity index (χ0n) is 13.7. The van der Waals surface area contributed by atoms with Crippen molar-refractivity contribution >= 4 is 31.4 Å². The third kappa shape index (κ3) is 3.62. The summed E-state index contributed by atoms with van der Waals surface area (Å²) in [5, 5.41) is 0. The maximum Gasteiger partial charge on any atom is 0.263 e. The van der Waals surface area contributed by atoms with E-state index in [0.717, 1.165) is 5.56 Å². The highest BCUT2D eigenvalue weighted by Gasteiger charge is 2.26. The Kier molecular flexibility index (Phi) is 4.70. The smallest absolute Gasteiger partial charge is 0.263 e. The van der Waals surface area contributed by atoms with E-state index in [-0.39, 0.29) is 10.6 Å². The molecule has 25 heavy (non-hydrogen) atoms. The van der Waals surface area contributed by atoms with Gasteiger partial charge >= 0.3 is 0 Å². The lowest BCUT2D eigenvalue weighted by molar-refractivity contribution is 0.587. The first kappa shape index (κ1) is 17.7. The summed E-state index contributed by atoms with van der Waals surface area (Å²) in [5.41, 5.74) is 1.84. The van der Waals surface area contributed by atoms with Crippen molar-refractivity contribution in [2.75, 3.05) is 21.3 Å². The molecule has 7 nitrogen and oxygen atoms in total. The van der Waals surface area contributed by atoms with Gasteiger partial charge in [0.25, 0.3) is 10.0 Å². The van der Waals surface area contributed by atoms with Crippen LogP contribution < -0.4 is 9.03 Å². The fraction of sp³-hybridized carbons (Fsp3) is 0.312. The molecule has 0 saturated carbocycles. The molecule has 0 bridgehead atoms. The molecule has 1 aromatic carbocycles. The third-order valence-corrected chi connectivity index (χ3v) is 7.20. The fourth-order valence-corrected chi connectivity index (χ4v) is 5.00. The lowest BCUT2D eigenvalue weighted by Gasteiger charge is -2.30. The number of fused-ring (bicyclic) bond motifs is 1. The van der Waals surface area contributed by atoms with Crippen LogP contribution in [0.15, 0.2) is 47.6 Å². The van der Waals surface area contributed by atoms with Crippen LogP contribution in [-0.2, 0) is 26.5 Å². The van der Waals surface area contributed by atoms with E-state index in [2.05, 4.69) is 9.71 Å². The second kappa shape index (κ2) is 6.64. The van der Waals surface area contributed by atoms with Crippen molar-refractivity contribution in [2.24, 2.45) is 0 Å². The van der Waals surface area contributed by atoms with Gasteiger partial charge in [-0.25, -0.2) is 16.8 Å². The molecular weight excluding hydrogens is 362 g/mol. The lowest BCUT2D eigenvalue weighted by Crippen LogP contribution is -2.36. The summed E-state index contributed by atoms with van der Waals surface area (Å²) >= 11 is 0. The van der Waals surface area contributed by atoms with E-state index in [9.17, 15) is 16.8 Å². The average Bonchev–Trinajstić information content (AvgIpc) is 2.61. The van der Waals surface area contributed by atoms with Crippen LogP contribution in [0.5, 0.6) is 0 Å². The van der Waals surface area contributed by atoms with Crippen molar-refractivity contribution < 1.29 is 16.8 Å². The van der Waals surface area contributed by atoms with Gasteiger partial charge in [0.2, 0.25) is 10.0 Å². The number of hydrogen-bond donors (Lipinski definition) is 1. The van der Waals surface area contributed by atoms with Gasteiger partial charge in [-0.1, -0.05) is 0 Å². The standard InChI is InChI=1S/C16H19N3O4S2/c1-2-24(20,21)19-10-4-5-13-11-14(7-8-16(13)19)18-25(22,23)15-6-3-9-17-12-15/h3,6-9,11-12,18H,2,4-5,10H2,1H3. The topological polar surface area (TPSA) is 96.4 Å². The predicted octanol–water partition coefficient (Wildman–Crippen LogP) is 1.98. The molecule has 0 radical (unpaired) electrons. The van der Waals surface area contributed by atoms with Gasteiger partial charge in [-0.3, -0.25) is 14.0 Å². The highest BCUT2D eigenvalue weighted by molar-refractivity contribution is 7.93. The number of anilines is 2. The molecule has 0 aliphatic carbocycles. The molecule has 1 N–H and O–H groups in total. The first-order chi connectivity index (χ1) is 11.8. The number of hydrogen-bond acceptors (Lipinski definition) is 5. The Labute approximate surface area is 147 Å². The molecule has 3 rings (SSSR count). The minimum absolute atomic E-state index is 0.0296. The largest absolute Gasteiger partial charge is 0.280 e. The van der Waals surface area contributed by atoms with Crippen LogP contribution in [0.3, 0.4) is 0 Å². The quantitative estimate of drug-likeness (QED) is 0.854. The molecule has 0 fully saturated rings. The van der Waals surface area contributed by atoms with E-state index < -0.39 is 20.0 Å². The molecule has 1 aliphatic heterocycles. The highest BCUT2D eigenvalue weighted by Crippen LogP contribution is 2.32. The highest BCUT2D eigenvalue weighted by atomic mass is 32.2. The summed E-state index contributed by atoms with van der Waals surface area (Å²) in [5.74, 6) is 0.0296. The maximum absolute atomic E-state index is 12.4. The van der Waals surface area contributed by atoms with Gasteiger partial charge in [0.15, 0.2) is 0 Å². The molecule has 0 spiro atoms. The third-order valence-electron chi connectivity index (χ3n) is 4.05. The number of sulfonamides is 2. The Balaban J connectivity index is 1.92. The van der Waals surface area contributed by atoms with Crippen molar-refractivity contribution in [3.63, 3.8) is 0 Å². The summed E-state index contributed by atoms with van der Waals surface area (Å²) in [7, 11) is -7.07. The fourth-order valence-electron chi connectivity index (χ4n) is 2.79. The van der Waals surface area contributed by atoms with Crippen LogP contribution in [0.2, 0.25) is 0 Å². The van der Waals surface area contributed by atoms with E-state index in [4.69, 9.17) is 0 Å². The average molecular weight is 381 g/mol. The molecule has 134 valence electrons. The molecule has 0 atom stereocenters. The molecule has 2 aromatic rings. The zero-order valence-corrected chi connectivity index (χ0v) is 15.3. The summed E-state index contributed by atoms with van der Waals surface area (Å²) < 4.78 is 53.1. The maximum atomic E-state index is 12.4.